The Kier molecular flexibility index (Phi) is 7.68. The second-order valence-corrected chi connectivity index (χ2v) is 9.46. The van der Waals surface area contributed by atoms with Crippen molar-refractivity contribution in [2.24, 2.45) is 5.92 Å². The van der Waals surface area contributed by atoms with Crippen LogP contribution in [0.3, 0.4) is 0 Å². The van der Waals surface area contributed by atoms with Crippen molar-refractivity contribution in [3.8, 4) is 16.9 Å². The van der Waals surface area contributed by atoms with Crippen LogP contribution in [-0.2, 0) is 0 Å². The fourth-order valence-electron chi connectivity index (χ4n) is 3.43. The molecule has 1 atom stereocenters. The molecule has 0 saturated heterocycles. The van der Waals surface area contributed by atoms with E-state index in [2.05, 4.69) is 24.3 Å². The van der Waals surface area contributed by atoms with Crippen LogP contribution >= 0.6 is 34.8 Å². The lowest BCUT2D eigenvalue weighted by Crippen LogP contribution is -2.33. The fourth-order valence-corrected chi connectivity index (χ4v) is 4.05. The summed E-state index contributed by atoms with van der Waals surface area (Å²) in [6, 6.07) is 12.7. The van der Waals surface area contributed by atoms with Crippen molar-refractivity contribution >= 4 is 40.7 Å². The number of carbonyl (C=O) groups is 1. The van der Waals surface area contributed by atoms with Gasteiger partial charge in [-0.05, 0) is 62.9 Å². The SMILES string of the molecule is Cc1c(C(=O)NC(C)CCC(C)C)nn(-c2ccc(Cl)cc2Cl)c1-c1ccc(Cl)cc1. The van der Waals surface area contributed by atoms with Crippen LogP contribution in [0.5, 0.6) is 0 Å². The zero-order valence-corrected chi connectivity index (χ0v) is 20.3. The van der Waals surface area contributed by atoms with Gasteiger partial charge in [0.05, 0.1) is 16.4 Å². The molecule has 7 heteroatoms. The van der Waals surface area contributed by atoms with E-state index in [9.17, 15) is 4.79 Å². The summed E-state index contributed by atoms with van der Waals surface area (Å²) in [5.41, 5.74) is 3.44. The molecular formula is C24H26Cl3N3O. The molecule has 0 radical (unpaired) electrons. The summed E-state index contributed by atoms with van der Waals surface area (Å²) in [5.74, 6) is 0.386. The Morgan fingerprint density at radius 3 is 2.26 bits per heavy atom. The molecule has 0 spiro atoms. The number of carbonyl (C=O) groups excluding carboxylic acids is 1. The van der Waals surface area contributed by atoms with Gasteiger partial charge >= 0.3 is 0 Å². The zero-order valence-electron chi connectivity index (χ0n) is 18.0. The summed E-state index contributed by atoms with van der Waals surface area (Å²) in [5, 5.41) is 9.35. The molecule has 0 aliphatic rings. The van der Waals surface area contributed by atoms with Gasteiger partial charge in [0.2, 0.25) is 0 Å². The lowest BCUT2D eigenvalue weighted by Gasteiger charge is -2.14. The van der Waals surface area contributed by atoms with Crippen LogP contribution in [0.2, 0.25) is 15.1 Å². The largest absolute Gasteiger partial charge is 0.348 e. The van der Waals surface area contributed by atoms with Crippen LogP contribution in [0.4, 0.5) is 0 Å². The molecule has 1 heterocycles. The van der Waals surface area contributed by atoms with Gasteiger partial charge in [-0.15, -0.1) is 0 Å². The number of aromatic nitrogens is 2. The third-order valence-electron chi connectivity index (χ3n) is 5.15. The van der Waals surface area contributed by atoms with Crippen molar-refractivity contribution in [3.63, 3.8) is 0 Å². The van der Waals surface area contributed by atoms with Gasteiger partial charge in [0.25, 0.3) is 5.91 Å². The summed E-state index contributed by atoms with van der Waals surface area (Å²) < 4.78 is 1.70. The lowest BCUT2D eigenvalue weighted by atomic mass is 10.0. The van der Waals surface area contributed by atoms with E-state index in [-0.39, 0.29) is 11.9 Å². The summed E-state index contributed by atoms with van der Waals surface area (Å²) in [7, 11) is 0. The highest BCUT2D eigenvalue weighted by Gasteiger charge is 2.24. The van der Waals surface area contributed by atoms with Crippen LogP contribution in [-0.4, -0.2) is 21.7 Å². The summed E-state index contributed by atoms with van der Waals surface area (Å²) >= 11 is 18.6. The Labute approximate surface area is 198 Å². The van der Waals surface area contributed by atoms with Gasteiger partial charge in [0.15, 0.2) is 5.69 Å². The zero-order chi connectivity index (χ0) is 22.7. The Hall–Kier alpha value is -2.01. The second kappa shape index (κ2) is 10.1. The van der Waals surface area contributed by atoms with E-state index in [1.807, 2.05) is 38.1 Å². The number of benzene rings is 2. The summed E-state index contributed by atoms with van der Waals surface area (Å²) in [6.07, 6.45) is 1.96. The van der Waals surface area contributed by atoms with Crippen LogP contribution in [0.15, 0.2) is 42.5 Å². The van der Waals surface area contributed by atoms with Crippen molar-refractivity contribution < 1.29 is 4.79 Å². The molecule has 1 aromatic heterocycles. The van der Waals surface area contributed by atoms with Gasteiger partial charge in [-0.3, -0.25) is 4.79 Å². The monoisotopic (exact) mass is 477 g/mol. The molecule has 1 unspecified atom stereocenters. The number of hydrogen-bond acceptors (Lipinski definition) is 2. The lowest BCUT2D eigenvalue weighted by molar-refractivity contribution is 0.0931. The standard InChI is InChI=1S/C24H26Cl3N3O/c1-14(2)5-6-15(3)28-24(31)22-16(4)23(17-7-9-18(25)10-8-17)30(29-22)21-12-11-19(26)13-20(21)27/h7-15H,5-6H2,1-4H3,(H,28,31). The third kappa shape index (κ3) is 5.62. The van der Waals surface area contributed by atoms with Gasteiger partial charge in [-0.2, -0.15) is 5.10 Å². The topological polar surface area (TPSA) is 46.9 Å². The van der Waals surface area contributed by atoms with Gasteiger partial charge in [-0.25, -0.2) is 4.68 Å². The molecule has 0 aliphatic heterocycles. The first-order valence-electron chi connectivity index (χ1n) is 10.3. The maximum absolute atomic E-state index is 13.1. The van der Waals surface area contributed by atoms with Crippen LogP contribution in [0, 0.1) is 12.8 Å². The molecule has 4 nitrogen and oxygen atoms in total. The van der Waals surface area contributed by atoms with Crippen LogP contribution < -0.4 is 5.32 Å². The average molecular weight is 479 g/mol. The Bertz CT molecular complexity index is 1070. The number of hydrogen-bond donors (Lipinski definition) is 1. The van der Waals surface area contributed by atoms with E-state index >= 15 is 0 Å². The van der Waals surface area contributed by atoms with E-state index in [4.69, 9.17) is 34.8 Å². The highest BCUT2D eigenvalue weighted by atomic mass is 35.5. The normalized spacial score (nSPS) is 12.3. The van der Waals surface area contributed by atoms with Crippen molar-refractivity contribution in [2.45, 2.75) is 46.6 Å². The van der Waals surface area contributed by atoms with Gasteiger partial charge < -0.3 is 5.32 Å². The van der Waals surface area contributed by atoms with E-state index in [0.717, 1.165) is 29.7 Å². The van der Waals surface area contributed by atoms with E-state index in [1.165, 1.54) is 0 Å². The van der Waals surface area contributed by atoms with Gasteiger partial charge in [0, 0.05) is 27.2 Å². The molecule has 3 rings (SSSR count). The molecule has 0 bridgehead atoms. The maximum Gasteiger partial charge on any atom is 0.272 e. The first-order valence-corrected chi connectivity index (χ1v) is 11.4. The molecule has 164 valence electrons. The number of nitrogens with zero attached hydrogens (tertiary/aromatic N) is 2. The summed E-state index contributed by atoms with van der Waals surface area (Å²) in [6.45, 7) is 8.26. The first-order chi connectivity index (χ1) is 14.7. The van der Waals surface area contributed by atoms with E-state index < -0.39 is 0 Å². The Balaban J connectivity index is 2.05. The number of halogens is 3. The molecule has 2 aromatic carbocycles. The molecule has 3 aromatic rings. The summed E-state index contributed by atoms with van der Waals surface area (Å²) in [4.78, 5) is 13.1. The van der Waals surface area contributed by atoms with Crippen molar-refractivity contribution in [3.05, 3.63) is 68.8 Å². The predicted molar refractivity (Wildman–Crippen MR) is 130 cm³/mol. The Morgan fingerprint density at radius 1 is 1.00 bits per heavy atom. The van der Waals surface area contributed by atoms with Gasteiger partial charge in [0.1, 0.15) is 0 Å². The van der Waals surface area contributed by atoms with Gasteiger partial charge in [-0.1, -0.05) is 60.8 Å². The fraction of sp³-hybridized carbons (Fsp3) is 0.333. The van der Waals surface area contributed by atoms with Crippen LogP contribution in [0.1, 0.15) is 49.7 Å². The minimum absolute atomic E-state index is 0.0533. The van der Waals surface area contributed by atoms with E-state index in [1.54, 1.807) is 22.9 Å². The minimum atomic E-state index is -0.201. The number of amides is 1. The molecule has 1 amide bonds. The highest BCUT2D eigenvalue weighted by molar-refractivity contribution is 6.35. The average Bonchev–Trinajstić information content (AvgIpc) is 3.04. The molecule has 0 saturated carbocycles. The van der Waals surface area contributed by atoms with Crippen molar-refractivity contribution in [1.29, 1.82) is 0 Å². The molecule has 1 N–H and O–H groups in total. The van der Waals surface area contributed by atoms with Crippen molar-refractivity contribution in [1.82, 2.24) is 15.1 Å². The minimum Gasteiger partial charge on any atom is -0.348 e. The molecule has 0 aliphatic carbocycles. The molecular weight excluding hydrogens is 453 g/mol. The molecule has 0 fully saturated rings. The molecule has 31 heavy (non-hydrogen) atoms. The second-order valence-electron chi connectivity index (χ2n) is 8.18. The Morgan fingerprint density at radius 2 is 1.65 bits per heavy atom. The number of nitrogens with one attached hydrogen (secondary N) is 1. The maximum atomic E-state index is 13.1. The highest BCUT2D eigenvalue weighted by Crippen LogP contribution is 2.33. The first kappa shape index (κ1) is 23.6. The van der Waals surface area contributed by atoms with Crippen LogP contribution in [0.25, 0.3) is 16.9 Å². The third-order valence-corrected chi connectivity index (χ3v) is 5.94. The van der Waals surface area contributed by atoms with E-state index in [0.29, 0.717) is 32.4 Å². The van der Waals surface area contributed by atoms with Crippen molar-refractivity contribution in [2.75, 3.05) is 0 Å². The quantitative estimate of drug-likeness (QED) is 0.385. The number of rotatable bonds is 7. The predicted octanol–water partition coefficient (Wildman–Crippen LogP) is 7.36. The smallest absolute Gasteiger partial charge is 0.272 e.